The number of fused-ring (bicyclic) bond motifs is 1. The van der Waals surface area contributed by atoms with Gasteiger partial charge >= 0.3 is 0 Å². The van der Waals surface area contributed by atoms with E-state index in [0.29, 0.717) is 18.4 Å². The van der Waals surface area contributed by atoms with Crippen LogP contribution in [-0.4, -0.2) is 35.4 Å². The average Bonchev–Trinajstić information content (AvgIpc) is 2.83. The summed E-state index contributed by atoms with van der Waals surface area (Å²) in [6, 6.07) is 3.95. The normalized spacial score (nSPS) is 28.2. The molecule has 0 aliphatic carbocycles. The Morgan fingerprint density at radius 2 is 2.41 bits per heavy atom. The van der Waals surface area contributed by atoms with Crippen LogP contribution in [0, 0.1) is 11.8 Å². The van der Waals surface area contributed by atoms with Crippen LogP contribution in [0.2, 0.25) is 0 Å². The van der Waals surface area contributed by atoms with Gasteiger partial charge in [0.15, 0.2) is 0 Å². The molecule has 4 nitrogen and oxygen atoms in total. The lowest BCUT2D eigenvalue weighted by molar-refractivity contribution is -0.140. The van der Waals surface area contributed by atoms with Crippen molar-refractivity contribution in [3.8, 4) is 0 Å². The predicted octanol–water partition coefficient (Wildman–Crippen LogP) is 0.649. The monoisotopic (exact) mass is 231 g/mol. The zero-order valence-electron chi connectivity index (χ0n) is 9.80. The van der Waals surface area contributed by atoms with Gasteiger partial charge in [-0.05, 0) is 30.5 Å². The molecule has 3 heterocycles. The summed E-state index contributed by atoms with van der Waals surface area (Å²) in [5, 5.41) is 3.32. The molecule has 2 aliphatic rings. The van der Waals surface area contributed by atoms with Crippen LogP contribution in [0.1, 0.15) is 12.0 Å². The summed E-state index contributed by atoms with van der Waals surface area (Å²) in [7, 11) is 0. The second-order valence-electron chi connectivity index (χ2n) is 4.93. The van der Waals surface area contributed by atoms with Crippen molar-refractivity contribution in [3.63, 3.8) is 0 Å². The van der Waals surface area contributed by atoms with Crippen LogP contribution in [0.25, 0.3) is 0 Å². The second kappa shape index (κ2) is 4.45. The Morgan fingerprint density at radius 3 is 3.24 bits per heavy atom. The molecule has 2 atom stereocenters. The number of carbonyl (C=O) groups excluding carboxylic acids is 1. The first kappa shape index (κ1) is 10.7. The van der Waals surface area contributed by atoms with E-state index in [2.05, 4.69) is 10.3 Å². The number of nitrogens with zero attached hydrogens (tertiary/aromatic N) is 2. The van der Waals surface area contributed by atoms with Crippen LogP contribution < -0.4 is 5.32 Å². The first-order valence-corrected chi connectivity index (χ1v) is 6.23. The number of hydrogen-bond donors (Lipinski definition) is 1. The van der Waals surface area contributed by atoms with Crippen LogP contribution >= 0.6 is 0 Å². The number of nitrogens with one attached hydrogen (secondary N) is 1. The van der Waals surface area contributed by atoms with E-state index in [1.165, 1.54) is 0 Å². The third-order valence-corrected chi connectivity index (χ3v) is 3.83. The van der Waals surface area contributed by atoms with Gasteiger partial charge in [0.05, 0.1) is 5.92 Å². The molecule has 1 aromatic rings. The quantitative estimate of drug-likeness (QED) is 0.813. The summed E-state index contributed by atoms with van der Waals surface area (Å²) in [6.07, 6.45) is 4.73. The van der Waals surface area contributed by atoms with Gasteiger partial charge in [0.25, 0.3) is 0 Å². The number of hydrogen-bond acceptors (Lipinski definition) is 3. The van der Waals surface area contributed by atoms with Crippen molar-refractivity contribution in [1.29, 1.82) is 0 Å². The number of piperidine rings is 1. The number of likely N-dealkylation sites (tertiary alicyclic amines) is 1. The molecule has 4 heteroatoms. The first-order valence-electron chi connectivity index (χ1n) is 6.23. The highest BCUT2D eigenvalue weighted by Crippen LogP contribution is 2.28. The molecule has 1 aromatic heterocycles. The van der Waals surface area contributed by atoms with Crippen molar-refractivity contribution in [2.24, 2.45) is 11.8 Å². The fourth-order valence-corrected chi connectivity index (χ4v) is 2.86. The molecule has 2 saturated heterocycles. The molecule has 0 saturated carbocycles. The van der Waals surface area contributed by atoms with E-state index in [1.54, 1.807) is 6.20 Å². The third kappa shape index (κ3) is 2.05. The summed E-state index contributed by atoms with van der Waals surface area (Å²) in [5.41, 5.74) is 1.12. The Bertz CT molecular complexity index is 406. The molecule has 17 heavy (non-hydrogen) atoms. The lowest BCUT2D eigenvalue weighted by Crippen LogP contribution is -2.44. The van der Waals surface area contributed by atoms with E-state index in [-0.39, 0.29) is 5.92 Å². The summed E-state index contributed by atoms with van der Waals surface area (Å²) in [5.74, 6) is 1.09. The van der Waals surface area contributed by atoms with Gasteiger partial charge in [-0.15, -0.1) is 0 Å². The highest BCUT2D eigenvalue weighted by atomic mass is 16.2. The van der Waals surface area contributed by atoms with Crippen molar-refractivity contribution < 1.29 is 4.79 Å². The molecular weight excluding hydrogens is 214 g/mol. The van der Waals surface area contributed by atoms with E-state index in [1.807, 2.05) is 23.2 Å². The summed E-state index contributed by atoms with van der Waals surface area (Å²) < 4.78 is 0. The largest absolute Gasteiger partial charge is 0.338 e. The van der Waals surface area contributed by atoms with E-state index < -0.39 is 0 Å². The van der Waals surface area contributed by atoms with Crippen molar-refractivity contribution in [1.82, 2.24) is 15.2 Å². The first-order chi connectivity index (χ1) is 8.34. The van der Waals surface area contributed by atoms with Crippen LogP contribution in [0.4, 0.5) is 0 Å². The van der Waals surface area contributed by atoms with Gasteiger partial charge in [0, 0.05) is 32.0 Å². The van der Waals surface area contributed by atoms with Gasteiger partial charge in [-0.3, -0.25) is 9.78 Å². The van der Waals surface area contributed by atoms with Gasteiger partial charge in [0.2, 0.25) is 5.91 Å². The molecule has 1 N–H and O–H groups in total. The second-order valence-corrected chi connectivity index (χ2v) is 4.93. The Hall–Kier alpha value is -1.42. The highest BCUT2D eigenvalue weighted by Gasteiger charge is 2.39. The summed E-state index contributed by atoms with van der Waals surface area (Å²) >= 11 is 0. The van der Waals surface area contributed by atoms with Crippen LogP contribution in [0.5, 0.6) is 0 Å². The summed E-state index contributed by atoms with van der Waals surface area (Å²) in [6.45, 7) is 3.46. The number of carbonyl (C=O) groups is 1. The number of pyridine rings is 1. The fourth-order valence-electron chi connectivity index (χ4n) is 2.86. The molecule has 2 fully saturated rings. The maximum Gasteiger partial charge on any atom is 0.227 e. The molecule has 0 unspecified atom stereocenters. The topological polar surface area (TPSA) is 45.2 Å². The number of rotatable bonds is 2. The van der Waals surface area contributed by atoms with Gasteiger partial charge in [-0.25, -0.2) is 0 Å². The molecule has 0 radical (unpaired) electrons. The molecule has 0 spiro atoms. The minimum atomic E-state index is 0.209. The van der Waals surface area contributed by atoms with Crippen molar-refractivity contribution >= 4 is 5.91 Å². The Labute approximate surface area is 101 Å². The van der Waals surface area contributed by atoms with Gasteiger partial charge in [-0.2, -0.15) is 0 Å². The minimum absolute atomic E-state index is 0.209. The smallest absolute Gasteiger partial charge is 0.227 e. The average molecular weight is 231 g/mol. The maximum atomic E-state index is 12.3. The van der Waals surface area contributed by atoms with Gasteiger partial charge in [-0.1, -0.05) is 6.07 Å². The lowest BCUT2D eigenvalue weighted by Gasteiger charge is -2.33. The zero-order chi connectivity index (χ0) is 11.7. The SMILES string of the molecule is O=C1[C@@H]2CNC[C@H]2CCN1Cc1cccnc1. The van der Waals surface area contributed by atoms with Crippen molar-refractivity contribution in [3.05, 3.63) is 30.1 Å². The Kier molecular flexibility index (Phi) is 2.81. The molecule has 1 amide bonds. The predicted molar refractivity (Wildman–Crippen MR) is 64.1 cm³/mol. The fraction of sp³-hybridized carbons (Fsp3) is 0.538. The minimum Gasteiger partial charge on any atom is -0.338 e. The lowest BCUT2D eigenvalue weighted by atomic mass is 9.88. The van der Waals surface area contributed by atoms with E-state index >= 15 is 0 Å². The van der Waals surface area contributed by atoms with Gasteiger partial charge in [0.1, 0.15) is 0 Å². The molecule has 2 aliphatic heterocycles. The van der Waals surface area contributed by atoms with E-state index in [9.17, 15) is 4.79 Å². The van der Waals surface area contributed by atoms with Crippen molar-refractivity contribution in [2.75, 3.05) is 19.6 Å². The van der Waals surface area contributed by atoms with Crippen molar-refractivity contribution in [2.45, 2.75) is 13.0 Å². The zero-order valence-corrected chi connectivity index (χ0v) is 9.80. The van der Waals surface area contributed by atoms with Crippen LogP contribution in [-0.2, 0) is 11.3 Å². The Balaban J connectivity index is 1.70. The summed E-state index contributed by atoms with van der Waals surface area (Å²) in [4.78, 5) is 18.3. The maximum absolute atomic E-state index is 12.3. The van der Waals surface area contributed by atoms with Crippen LogP contribution in [0.3, 0.4) is 0 Å². The Morgan fingerprint density at radius 1 is 1.47 bits per heavy atom. The molecule has 3 rings (SSSR count). The molecular formula is C13H17N3O. The molecule has 0 aromatic carbocycles. The molecule has 90 valence electrons. The number of aromatic nitrogens is 1. The standard InChI is InChI=1S/C13H17N3O/c17-13-12-8-15-7-11(12)3-5-16(13)9-10-2-1-4-14-6-10/h1-2,4,6,11-12,15H,3,5,7-9H2/t11-,12-/m1/s1. The highest BCUT2D eigenvalue weighted by molar-refractivity contribution is 5.80. The third-order valence-electron chi connectivity index (χ3n) is 3.83. The van der Waals surface area contributed by atoms with E-state index in [4.69, 9.17) is 0 Å². The van der Waals surface area contributed by atoms with E-state index in [0.717, 1.165) is 31.6 Å². The molecule has 0 bridgehead atoms. The van der Waals surface area contributed by atoms with Gasteiger partial charge < -0.3 is 10.2 Å². The number of amides is 1. The van der Waals surface area contributed by atoms with Crippen LogP contribution in [0.15, 0.2) is 24.5 Å².